The van der Waals surface area contributed by atoms with Crippen LogP contribution < -0.4 is 16.2 Å². The summed E-state index contributed by atoms with van der Waals surface area (Å²) in [6.45, 7) is 0.143. The summed E-state index contributed by atoms with van der Waals surface area (Å²) >= 11 is 0. The third-order valence-electron chi connectivity index (χ3n) is 4.40. The van der Waals surface area contributed by atoms with Gasteiger partial charge >= 0.3 is 0 Å². The molecule has 7 heteroatoms. The van der Waals surface area contributed by atoms with Crippen LogP contribution in [0.15, 0.2) is 47.3 Å². The predicted octanol–water partition coefficient (Wildman–Crippen LogP) is 1.94. The van der Waals surface area contributed by atoms with Crippen molar-refractivity contribution in [2.75, 3.05) is 5.32 Å². The number of carbonyl (C=O) groups is 2. The fourth-order valence-electron chi connectivity index (χ4n) is 3.02. The normalized spacial score (nSPS) is 14.2. The fourth-order valence-corrected chi connectivity index (χ4v) is 3.02. The molecule has 26 heavy (non-hydrogen) atoms. The Morgan fingerprint density at radius 2 is 1.81 bits per heavy atom. The summed E-state index contributed by atoms with van der Waals surface area (Å²) in [7, 11) is 0. The van der Waals surface area contributed by atoms with E-state index in [9.17, 15) is 14.4 Å². The minimum Gasteiger partial charge on any atom is -0.353 e. The lowest BCUT2D eigenvalue weighted by Gasteiger charge is -2.12. The number of anilines is 1. The smallest absolute Gasteiger partial charge is 0.276 e. The van der Waals surface area contributed by atoms with E-state index in [-0.39, 0.29) is 36.2 Å². The van der Waals surface area contributed by atoms with Crippen LogP contribution in [0.4, 0.5) is 5.69 Å². The van der Waals surface area contributed by atoms with E-state index in [1.165, 1.54) is 12.1 Å². The Bertz CT molecular complexity index is 826. The Labute approximate surface area is 151 Å². The SMILES string of the molecule is O=C(CCn1nc(C(=O)Nc2ccccc2)ccc1=O)NC1CCCC1. The van der Waals surface area contributed by atoms with Crippen LogP contribution in [0.25, 0.3) is 0 Å². The van der Waals surface area contributed by atoms with Crippen molar-refractivity contribution < 1.29 is 9.59 Å². The summed E-state index contributed by atoms with van der Waals surface area (Å²) < 4.78 is 1.16. The Morgan fingerprint density at radius 3 is 2.54 bits per heavy atom. The highest BCUT2D eigenvalue weighted by atomic mass is 16.2. The first-order valence-electron chi connectivity index (χ1n) is 8.86. The van der Waals surface area contributed by atoms with E-state index in [2.05, 4.69) is 15.7 Å². The summed E-state index contributed by atoms with van der Waals surface area (Å²) in [5, 5.41) is 9.78. The number of benzene rings is 1. The third-order valence-corrected chi connectivity index (χ3v) is 4.40. The summed E-state index contributed by atoms with van der Waals surface area (Å²) in [5.41, 5.74) is 0.438. The summed E-state index contributed by atoms with van der Waals surface area (Å²) in [6.07, 6.45) is 4.47. The maximum absolute atomic E-state index is 12.3. The molecule has 0 radical (unpaired) electrons. The molecule has 0 unspecified atom stereocenters. The van der Waals surface area contributed by atoms with Gasteiger partial charge in [0.2, 0.25) is 5.91 Å². The zero-order valence-electron chi connectivity index (χ0n) is 14.5. The van der Waals surface area contributed by atoms with Gasteiger partial charge in [0.05, 0.1) is 6.54 Å². The van der Waals surface area contributed by atoms with Gasteiger partial charge in [-0.15, -0.1) is 0 Å². The molecule has 1 aliphatic rings. The highest BCUT2D eigenvalue weighted by Crippen LogP contribution is 2.17. The van der Waals surface area contributed by atoms with Gasteiger partial charge in [-0.05, 0) is 31.0 Å². The van der Waals surface area contributed by atoms with Gasteiger partial charge in [0, 0.05) is 24.2 Å². The molecule has 3 rings (SSSR count). The lowest BCUT2D eigenvalue weighted by molar-refractivity contribution is -0.122. The van der Waals surface area contributed by atoms with Gasteiger partial charge < -0.3 is 10.6 Å². The molecule has 0 atom stereocenters. The molecule has 1 saturated carbocycles. The number of aromatic nitrogens is 2. The van der Waals surface area contributed by atoms with E-state index in [1.807, 2.05) is 18.2 Å². The van der Waals surface area contributed by atoms with E-state index in [0.29, 0.717) is 5.69 Å². The fraction of sp³-hybridized carbons (Fsp3) is 0.368. The zero-order valence-corrected chi connectivity index (χ0v) is 14.5. The Kier molecular flexibility index (Phi) is 5.78. The van der Waals surface area contributed by atoms with Crippen molar-refractivity contribution in [1.82, 2.24) is 15.1 Å². The minimum atomic E-state index is -0.402. The van der Waals surface area contributed by atoms with Crippen molar-refractivity contribution in [2.24, 2.45) is 0 Å². The molecule has 1 fully saturated rings. The van der Waals surface area contributed by atoms with Crippen LogP contribution in [-0.4, -0.2) is 27.6 Å². The predicted molar refractivity (Wildman–Crippen MR) is 97.9 cm³/mol. The zero-order chi connectivity index (χ0) is 18.4. The van der Waals surface area contributed by atoms with Gasteiger partial charge in [0.25, 0.3) is 11.5 Å². The topological polar surface area (TPSA) is 93.1 Å². The Morgan fingerprint density at radius 1 is 1.08 bits per heavy atom. The van der Waals surface area contributed by atoms with Gasteiger partial charge in [0.15, 0.2) is 0 Å². The molecule has 2 N–H and O–H groups in total. The standard InChI is InChI=1S/C19H22N4O3/c24-17(20-14-8-4-5-9-14)12-13-23-18(25)11-10-16(22-23)19(26)21-15-6-2-1-3-7-15/h1-3,6-7,10-11,14H,4-5,8-9,12-13H2,(H,20,24)(H,21,26). The number of carbonyl (C=O) groups excluding carboxylic acids is 2. The molecule has 1 aromatic carbocycles. The van der Waals surface area contributed by atoms with Crippen molar-refractivity contribution >= 4 is 17.5 Å². The molecular formula is C19H22N4O3. The lowest BCUT2D eigenvalue weighted by Crippen LogP contribution is -2.34. The maximum atomic E-state index is 12.3. The van der Waals surface area contributed by atoms with E-state index in [0.717, 1.165) is 30.4 Å². The molecule has 0 aliphatic heterocycles. The second kappa shape index (κ2) is 8.42. The number of rotatable bonds is 6. The van der Waals surface area contributed by atoms with E-state index >= 15 is 0 Å². The van der Waals surface area contributed by atoms with E-state index < -0.39 is 5.91 Å². The summed E-state index contributed by atoms with van der Waals surface area (Å²) in [4.78, 5) is 36.2. The molecule has 7 nitrogen and oxygen atoms in total. The average molecular weight is 354 g/mol. The van der Waals surface area contributed by atoms with Crippen molar-refractivity contribution in [3.05, 3.63) is 58.5 Å². The summed E-state index contributed by atoms with van der Waals surface area (Å²) in [6, 6.07) is 11.9. The van der Waals surface area contributed by atoms with E-state index in [4.69, 9.17) is 0 Å². The Hall–Kier alpha value is -2.96. The van der Waals surface area contributed by atoms with Crippen LogP contribution in [0.1, 0.15) is 42.6 Å². The van der Waals surface area contributed by atoms with Gasteiger partial charge in [0.1, 0.15) is 5.69 Å². The van der Waals surface area contributed by atoms with Crippen LogP contribution >= 0.6 is 0 Å². The van der Waals surface area contributed by atoms with Crippen molar-refractivity contribution in [3.63, 3.8) is 0 Å². The molecule has 1 heterocycles. The van der Waals surface area contributed by atoms with Crippen LogP contribution in [0.2, 0.25) is 0 Å². The number of nitrogens with zero attached hydrogens (tertiary/aromatic N) is 2. The van der Waals surface area contributed by atoms with Crippen molar-refractivity contribution in [3.8, 4) is 0 Å². The largest absolute Gasteiger partial charge is 0.353 e. The molecule has 2 amide bonds. The molecule has 1 aromatic heterocycles. The van der Waals surface area contributed by atoms with Gasteiger partial charge in [-0.1, -0.05) is 31.0 Å². The van der Waals surface area contributed by atoms with Gasteiger partial charge in [-0.3, -0.25) is 14.4 Å². The monoisotopic (exact) mass is 354 g/mol. The molecule has 0 spiro atoms. The molecule has 136 valence electrons. The quantitative estimate of drug-likeness (QED) is 0.829. The van der Waals surface area contributed by atoms with E-state index in [1.54, 1.807) is 12.1 Å². The van der Waals surface area contributed by atoms with Crippen LogP contribution in [0.3, 0.4) is 0 Å². The average Bonchev–Trinajstić information content (AvgIpc) is 3.14. The molecule has 0 saturated heterocycles. The number of nitrogens with one attached hydrogen (secondary N) is 2. The molecule has 0 bridgehead atoms. The van der Waals surface area contributed by atoms with Gasteiger partial charge in [-0.25, -0.2) is 4.68 Å². The first kappa shape index (κ1) is 17.8. The molecule has 2 aromatic rings. The van der Waals surface area contributed by atoms with Gasteiger partial charge in [-0.2, -0.15) is 5.10 Å². The molecule has 1 aliphatic carbocycles. The highest BCUT2D eigenvalue weighted by Gasteiger charge is 2.17. The molecular weight excluding hydrogens is 332 g/mol. The number of hydrogen-bond acceptors (Lipinski definition) is 4. The second-order valence-electron chi connectivity index (χ2n) is 6.40. The second-order valence-corrected chi connectivity index (χ2v) is 6.40. The first-order valence-corrected chi connectivity index (χ1v) is 8.86. The number of aryl methyl sites for hydroxylation is 1. The number of hydrogen-bond donors (Lipinski definition) is 2. The Balaban J connectivity index is 1.60. The third kappa shape index (κ3) is 4.78. The number of para-hydroxylation sites is 1. The maximum Gasteiger partial charge on any atom is 0.276 e. The first-order chi connectivity index (χ1) is 12.6. The van der Waals surface area contributed by atoms with Crippen molar-refractivity contribution in [1.29, 1.82) is 0 Å². The minimum absolute atomic E-state index is 0.0928. The lowest BCUT2D eigenvalue weighted by atomic mass is 10.2. The van der Waals surface area contributed by atoms with Crippen molar-refractivity contribution in [2.45, 2.75) is 44.7 Å². The van der Waals surface area contributed by atoms with Crippen LogP contribution in [0, 0.1) is 0 Å². The highest BCUT2D eigenvalue weighted by molar-refractivity contribution is 6.02. The summed E-state index contributed by atoms with van der Waals surface area (Å²) in [5.74, 6) is -0.495. The van der Waals surface area contributed by atoms with Crippen LogP contribution in [0.5, 0.6) is 0 Å². The number of amides is 2. The van der Waals surface area contributed by atoms with Crippen LogP contribution in [-0.2, 0) is 11.3 Å².